The molecule has 0 atom stereocenters. The molecule has 0 aromatic heterocycles. The highest BCUT2D eigenvalue weighted by molar-refractivity contribution is 5.40. The van der Waals surface area contributed by atoms with Crippen LogP contribution in [0.15, 0.2) is 12.1 Å². The van der Waals surface area contributed by atoms with E-state index in [2.05, 4.69) is 0 Å². The molecular formula is C12H18FNO2. The van der Waals surface area contributed by atoms with Gasteiger partial charge in [-0.2, -0.15) is 0 Å². The third kappa shape index (κ3) is 2.71. The van der Waals surface area contributed by atoms with Crippen molar-refractivity contribution in [3.05, 3.63) is 29.1 Å². The lowest BCUT2D eigenvalue weighted by atomic mass is 9.93. The first-order chi connectivity index (χ1) is 7.40. The van der Waals surface area contributed by atoms with E-state index in [9.17, 15) is 4.39 Å². The Hall–Kier alpha value is -1.13. The van der Waals surface area contributed by atoms with Crippen molar-refractivity contribution >= 4 is 0 Å². The second kappa shape index (κ2) is 4.80. The highest BCUT2D eigenvalue weighted by Gasteiger charge is 2.21. The minimum Gasteiger partial charge on any atom is -0.496 e. The van der Waals surface area contributed by atoms with Crippen molar-refractivity contribution in [2.45, 2.75) is 26.0 Å². The summed E-state index contributed by atoms with van der Waals surface area (Å²) in [6.07, 6.45) is 0. The molecule has 0 saturated heterocycles. The van der Waals surface area contributed by atoms with Gasteiger partial charge in [-0.05, 0) is 19.9 Å². The maximum Gasteiger partial charge on any atom is 0.131 e. The van der Waals surface area contributed by atoms with Crippen LogP contribution in [0.3, 0.4) is 0 Å². The fourth-order valence-electron chi connectivity index (χ4n) is 1.55. The van der Waals surface area contributed by atoms with Gasteiger partial charge in [0.05, 0.1) is 13.7 Å². The Bertz CT molecular complexity index is 372. The molecule has 0 aliphatic rings. The third-order valence-electron chi connectivity index (χ3n) is 2.36. The molecule has 4 heteroatoms. The predicted octanol–water partition coefficient (Wildman–Crippen LogP) is 2.17. The van der Waals surface area contributed by atoms with E-state index in [1.807, 2.05) is 0 Å². The fourth-order valence-corrected chi connectivity index (χ4v) is 1.55. The molecule has 0 aliphatic carbocycles. The number of hydrogen-bond acceptors (Lipinski definition) is 3. The van der Waals surface area contributed by atoms with Crippen molar-refractivity contribution in [1.29, 1.82) is 0 Å². The van der Waals surface area contributed by atoms with E-state index >= 15 is 0 Å². The summed E-state index contributed by atoms with van der Waals surface area (Å²) in [6, 6.07) is 3.04. The standard InChI is InChI=1S/C12H18FNO2/c1-12(2,14)9-5-8(7-15-3)11(16-4)6-10(9)13/h5-6H,7,14H2,1-4H3. The maximum atomic E-state index is 13.8. The van der Waals surface area contributed by atoms with Crippen molar-refractivity contribution in [2.24, 2.45) is 5.73 Å². The molecule has 0 amide bonds. The van der Waals surface area contributed by atoms with Crippen LogP contribution in [0.4, 0.5) is 4.39 Å². The van der Waals surface area contributed by atoms with Crippen molar-refractivity contribution in [3.8, 4) is 5.75 Å². The number of methoxy groups -OCH3 is 2. The topological polar surface area (TPSA) is 44.5 Å². The summed E-state index contributed by atoms with van der Waals surface area (Å²) in [5, 5.41) is 0. The number of nitrogens with two attached hydrogens (primary N) is 1. The Morgan fingerprint density at radius 1 is 1.31 bits per heavy atom. The molecule has 0 saturated carbocycles. The molecule has 0 aliphatic heterocycles. The summed E-state index contributed by atoms with van der Waals surface area (Å²) in [5.41, 5.74) is 6.42. The Morgan fingerprint density at radius 3 is 2.38 bits per heavy atom. The number of rotatable bonds is 4. The monoisotopic (exact) mass is 227 g/mol. The summed E-state index contributed by atoms with van der Waals surface area (Å²) >= 11 is 0. The van der Waals surface area contributed by atoms with Crippen LogP contribution in [0, 0.1) is 5.82 Å². The normalized spacial score (nSPS) is 11.6. The summed E-state index contributed by atoms with van der Waals surface area (Å²) in [7, 11) is 3.08. The first-order valence-corrected chi connectivity index (χ1v) is 5.05. The smallest absolute Gasteiger partial charge is 0.131 e. The lowest BCUT2D eigenvalue weighted by Gasteiger charge is -2.22. The first-order valence-electron chi connectivity index (χ1n) is 5.05. The van der Waals surface area contributed by atoms with Crippen LogP contribution in [0.2, 0.25) is 0 Å². The number of halogens is 1. The minimum atomic E-state index is -0.723. The molecule has 1 rings (SSSR count). The number of hydrogen-bond donors (Lipinski definition) is 1. The Kier molecular flexibility index (Phi) is 3.88. The van der Waals surface area contributed by atoms with E-state index in [0.717, 1.165) is 5.56 Å². The molecule has 0 fully saturated rings. The van der Waals surface area contributed by atoms with Gasteiger partial charge in [0.15, 0.2) is 0 Å². The van der Waals surface area contributed by atoms with E-state index in [1.165, 1.54) is 13.2 Å². The van der Waals surface area contributed by atoms with E-state index in [-0.39, 0.29) is 5.82 Å². The molecule has 0 heterocycles. The lowest BCUT2D eigenvalue weighted by molar-refractivity contribution is 0.181. The zero-order valence-corrected chi connectivity index (χ0v) is 10.1. The van der Waals surface area contributed by atoms with Gasteiger partial charge in [0, 0.05) is 29.8 Å². The van der Waals surface area contributed by atoms with Crippen molar-refractivity contribution in [3.63, 3.8) is 0 Å². The van der Waals surface area contributed by atoms with Crippen LogP contribution < -0.4 is 10.5 Å². The molecule has 0 unspecified atom stereocenters. The first kappa shape index (κ1) is 12.9. The highest BCUT2D eigenvalue weighted by atomic mass is 19.1. The quantitative estimate of drug-likeness (QED) is 0.857. The fraction of sp³-hybridized carbons (Fsp3) is 0.500. The van der Waals surface area contributed by atoms with Gasteiger partial charge in [-0.1, -0.05) is 0 Å². The maximum absolute atomic E-state index is 13.8. The van der Waals surface area contributed by atoms with E-state index < -0.39 is 5.54 Å². The molecule has 0 bridgehead atoms. The molecule has 1 aromatic carbocycles. The van der Waals surface area contributed by atoms with Crippen LogP contribution in [0.5, 0.6) is 5.75 Å². The Balaban J connectivity index is 3.27. The van der Waals surface area contributed by atoms with Crippen LogP contribution in [0.25, 0.3) is 0 Å². The summed E-state index contributed by atoms with van der Waals surface area (Å²) in [5.74, 6) is 0.122. The molecule has 0 spiro atoms. The Labute approximate surface area is 95.4 Å². The molecule has 16 heavy (non-hydrogen) atoms. The second-order valence-corrected chi connectivity index (χ2v) is 4.30. The number of benzene rings is 1. The van der Waals surface area contributed by atoms with Gasteiger partial charge in [-0.15, -0.1) is 0 Å². The van der Waals surface area contributed by atoms with Gasteiger partial charge in [0.2, 0.25) is 0 Å². The predicted molar refractivity (Wildman–Crippen MR) is 60.9 cm³/mol. The molecule has 0 radical (unpaired) electrons. The average Bonchev–Trinajstić information content (AvgIpc) is 2.18. The number of ether oxygens (including phenoxy) is 2. The van der Waals surface area contributed by atoms with Gasteiger partial charge < -0.3 is 15.2 Å². The SMILES string of the molecule is COCc1cc(C(C)(C)N)c(F)cc1OC. The highest BCUT2D eigenvalue weighted by Crippen LogP contribution is 2.28. The molecule has 90 valence electrons. The summed E-state index contributed by atoms with van der Waals surface area (Å²) in [6.45, 7) is 3.88. The van der Waals surface area contributed by atoms with Crippen LogP contribution in [-0.2, 0) is 16.9 Å². The van der Waals surface area contributed by atoms with E-state index in [1.54, 1.807) is 27.0 Å². The summed E-state index contributed by atoms with van der Waals surface area (Å²) < 4.78 is 23.9. The largest absolute Gasteiger partial charge is 0.496 e. The van der Waals surface area contributed by atoms with Gasteiger partial charge in [0.25, 0.3) is 0 Å². The Morgan fingerprint density at radius 2 is 1.94 bits per heavy atom. The molecule has 3 nitrogen and oxygen atoms in total. The van der Waals surface area contributed by atoms with Gasteiger partial charge in [-0.25, -0.2) is 4.39 Å². The zero-order chi connectivity index (χ0) is 12.3. The van der Waals surface area contributed by atoms with Crippen molar-refractivity contribution < 1.29 is 13.9 Å². The summed E-state index contributed by atoms with van der Waals surface area (Å²) in [4.78, 5) is 0. The van der Waals surface area contributed by atoms with Crippen molar-refractivity contribution in [1.82, 2.24) is 0 Å². The molecule has 1 aromatic rings. The van der Waals surface area contributed by atoms with Crippen LogP contribution in [-0.4, -0.2) is 14.2 Å². The second-order valence-electron chi connectivity index (χ2n) is 4.30. The third-order valence-corrected chi connectivity index (χ3v) is 2.36. The van der Waals surface area contributed by atoms with E-state index in [4.69, 9.17) is 15.2 Å². The minimum absolute atomic E-state index is 0.357. The van der Waals surface area contributed by atoms with Crippen molar-refractivity contribution in [2.75, 3.05) is 14.2 Å². The van der Waals surface area contributed by atoms with Gasteiger partial charge in [0.1, 0.15) is 11.6 Å². The van der Waals surface area contributed by atoms with Crippen LogP contribution >= 0.6 is 0 Å². The van der Waals surface area contributed by atoms with Gasteiger partial charge >= 0.3 is 0 Å². The van der Waals surface area contributed by atoms with Crippen LogP contribution in [0.1, 0.15) is 25.0 Å². The van der Waals surface area contributed by atoms with E-state index in [0.29, 0.717) is 17.9 Å². The van der Waals surface area contributed by atoms with Gasteiger partial charge in [-0.3, -0.25) is 0 Å². The molecular weight excluding hydrogens is 209 g/mol. The lowest BCUT2D eigenvalue weighted by Crippen LogP contribution is -2.30. The molecule has 2 N–H and O–H groups in total. The zero-order valence-electron chi connectivity index (χ0n) is 10.1. The average molecular weight is 227 g/mol.